The highest BCUT2D eigenvalue weighted by molar-refractivity contribution is 6.02. The van der Waals surface area contributed by atoms with E-state index in [1.807, 2.05) is 18.3 Å². The summed E-state index contributed by atoms with van der Waals surface area (Å²) in [7, 11) is 1.55. The maximum Gasteiger partial charge on any atom is 0.269 e. The van der Waals surface area contributed by atoms with E-state index in [2.05, 4.69) is 27.6 Å². The van der Waals surface area contributed by atoms with Crippen molar-refractivity contribution in [3.05, 3.63) is 48.0 Å². The first-order valence-corrected chi connectivity index (χ1v) is 12.8. The van der Waals surface area contributed by atoms with Crippen LogP contribution in [0.5, 0.6) is 0 Å². The molecule has 5 N–H and O–H groups in total. The Labute approximate surface area is 220 Å². The van der Waals surface area contributed by atoms with E-state index in [4.69, 9.17) is 5.73 Å². The third-order valence-electron chi connectivity index (χ3n) is 7.96. The summed E-state index contributed by atoms with van der Waals surface area (Å²) < 4.78 is 1.70. The zero-order chi connectivity index (χ0) is 27.4. The number of carbonyl (C=O) groups is 3. The van der Waals surface area contributed by atoms with Crippen molar-refractivity contribution >= 4 is 28.9 Å². The second kappa shape index (κ2) is 9.39. The number of nitrogens with one attached hydrogen (secondary N) is 2. The van der Waals surface area contributed by atoms with Gasteiger partial charge in [-0.25, -0.2) is 4.52 Å². The highest BCUT2D eigenvalue weighted by Gasteiger charge is 2.48. The molecule has 5 rings (SSSR count). The lowest BCUT2D eigenvalue weighted by Crippen LogP contribution is -2.45. The molecule has 0 aromatic carbocycles. The number of nitrogens with two attached hydrogens (primary N) is 1. The number of hydrogen-bond donors (Lipinski definition) is 4. The van der Waals surface area contributed by atoms with E-state index in [1.165, 1.54) is 20.0 Å². The molecule has 0 bridgehead atoms. The molecular weight excluding hydrogens is 486 g/mol. The number of rotatable bonds is 6. The van der Waals surface area contributed by atoms with Crippen LogP contribution < -0.4 is 16.4 Å². The van der Waals surface area contributed by atoms with Crippen LogP contribution in [0.1, 0.15) is 48.0 Å². The van der Waals surface area contributed by atoms with Crippen molar-refractivity contribution < 1.29 is 19.5 Å². The molecular formula is C27H33N7O4. The number of aliphatic hydroxyl groups is 1. The monoisotopic (exact) mass is 519 g/mol. The molecule has 200 valence electrons. The molecule has 2 aliphatic rings. The number of hydrogen-bond acceptors (Lipinski definition) is 7. The molecule has 3 aromatic heterocycles. The Hall–Kier alpha value is -3.99. The van der Waals surface area contributed by atoms with Crippen molar-refractivity contribution in [2.45, 2.75) is 38.8 Å². The number of anilines is 1. The fraction of sp³-hybridized carbons (Fsp3) is 0.444. The molecule has 11 heteroatoms. The van der Waals surface area contributed by atoms with E-state index in [0.717, 1.165) is 17.5 Å². The van der Waals surface area contributed by atoms with Gasteiger partial charge in [-0.2, -0.15) is 5.10 Å². The SMILES string of the molecule is CNC(=O)c1ccc(-c2cc3c(N[C@@H]4C[C@@H]5CN(C(=O)C(C)(C)O)C[C@@H]5[C@H]4C)c(C(N)=O)cnn3c2)cn1. The van der Waals surface area contributed by atoms with E-state index in [-0.39, 0.29) is 23.8 Å². The lowest BCUT2D eigenvalue weighted by atomic mass is 9.93. The third-order valence-corrected chi connectivity index (χ3v) is 7.96. The van der Waals surface area contributed by atoms with Crippen LogP contribution in [0.25, 0.3) is 16.6 Å². The smallest absolute Gasteiger partial charge is 0.269 e. The van der Waals surface area contributed by atoms with Crippen LogP contribution in [0.15, 0.2) is 36.8 Å². The summed E-state index contributed by atoms with van der Waals surface area (Å²) in [6.07, 6.45) is 5.77. The van der Waals surface area contributed by atoms with Crippen molar-refractivity contribution in [2.75, 3.05) is 25.5 Å². The number of nitrogens with zero attached hydrogens (tertiary/aromatic N) is 4. The lowest BCUT2D eigenvalue weighted by Gasteiger charge is -2.28. The molecule has 0 unspecified atom stereocenters. The minimum Gasteiger partial charge on any atom is -0.381 e. The predicted molar refractivity (Wildman–Crippen MR) is 141 cm³/mol. The Morgan fingerprint density at radius 2 is 1.92 bits per heavy atom. The van der Waals surface area contributed by atoms with Gasteiger partial charge in [-0.05, 0) is 50.2 Å². The van der Waals surface area contributed by atoms with E-state index < -0.39 is 11.5 Å². The van der Waals surface area contributed by atoms with Crippen LogP contribution in [-0.2, 0) is 4.79 Å². The first kappa shape index (κ1) is 25.7. The number of primary amides is 1. The molecule has 1 aliphatic carbocycles. The van der Waals surface area contributed by atoms with E-state index in [9.17, 15) is 19.5 Å². The van der Waals surface area contributed by atoms with Gasteiger partial charge in [-0.15, -0.1) is 0 Å². The van der Waals surface area contributed by atoms with E-state index >= 15 is 0 Å². The highest BCUT2D eigenvalue weighted by Crippen LogP contribution is 2.44. The molecule has 0 radical (unpaired) electrons. The zero-order valence-corrected chi connectivity index (χ0v) is 21.9. The van der Waals surface area contributed by atoms with Crippen molar-refractivity contribution in [3.8, 4) is 11.1 Å². The van der Waals surface area contributed by atoms with Gasteiger partial charge in [0.2, 0.25) is 0 Å². The predicted octanol–water partition coefficient (Wildman–Crippen LogP) is 1.52. The van der Waals surface area contributed by atoms with Crippen LogP contribution in [0.3, 0.4) is 0 Å². The number of aromatic nitrogens is 3. The molecule has 4 heterocycles. The molecule has 1 saturated heterocycles. The average Bonchev–Trinajstić information content (AvgIpc) is 3.57. The van der Waals surface area contributed by atoms with Crippen molar-refractivity contribution in [1.82, 2.24) is 24.8 Å². The Morgan fingerprint density at radius 1 is 1.16 bits per heavy atom. The number of likely N-dealkylation sites (tertiary alicyclic amines) is 1. The fourth-order valence-corrected chi connectivity index (χ4v) is 5.89. The average molecular weight is 520 g/mol. The minimum atomic E-state index is -1.39. The molecule has 4 atom stereocenters. The van der Waals surface area contributed by atoms with Gasteiger partial charge in [0.25, 0.3) is 17.7 Å². The van der Waals surface area contributed by atoms with Gasteiger partial charge in [-0.1, -0.05) is 13.0 Å². The second-order valence-corrected chi connectivity index (χ2v) is 10.9. The van der Waals surface area contributed by atoms with E-state index in [1.54, 1.807) is 28.7 Å². The van der Waals surface area contributed by atoms with Crippen LogP contribution in [0.2, 0.25) is 0 Å². The quantitative estimate of drug-likeness (QED) is 0.385. The Bertz CT molecular complexity index is 1410. The largest absolute Gasteiger partial charge is 0.381 e. The molecule has 3 aromatic rings. The number of fused-ring (bicyclic) bond motifs is 2. The van der Waals surface area contributed by atoms with Gasteiger partial charge in [0.1, 0.15) is 11.3 Å². The van der Waals surface area contributed by atoms with Crippen LogP contribution in [0.4, 0.5) is 5.69 Å². The first-order valence-electron chi connectivity index (χ1n) is 12.8. The molecule has 1 saturated carbocycles. The summed E-state index contributed by atoms with van der Waals surface area (Å²) in [6.45, 7) is 6.42. The molecule has 2 fully saturated rings. The normalized spacial score (nSPS) is 22.9. The Kier molecular flexibility index (Phi) is 6.34. The summed E-state index contributed by atoms with van der Waals surface area (Å²) in [5.41, 5.74) is 7.92. The van der Waals surface area contributed by atoms with Crippen LogP contribution >= 0.6 is 0 Å². The number of carbonyl (C=O) groups excluding carboxylic acids is 3. The highest BCUT2D eigenvalue weighted by atomic mass is 16.3. The molecule has 3 amide bonds. The van der Waals surface area contributed by atoms with Gasteiger partial charge >= 0.3 is 0 Å². The molecule has 11 nitrogen and oxygen atoms in total. The van der Waals surface area contributed by atoms with Gasteiger partial charge in [-0.3, -0.25) is 19.4 Å². The molecule has 38 heavy (non-hydrogen) atoms. The van der Waals surface area contributed by atoms with Crippen molar-refractivity contribution in [3.63, 3.8) is 0 Å². The molecule has 1 aliphatic heterocycles. The molecule has 0 spiro atoms. The first-order chi connectivity index (χ1) is 18.0. The summed E-state index contributed by atoms with van der Waals surface area (Å²) in [6, 6.07) is 5.46. The van der Waals surface area contributed by atoms with Crippen molar-refractivity contribution in [2.24, 2.45) is 23.5 Å². The lowest BCUT2D eigenvalue weighted by molar-refractivity contribution is -0.147. The zero-order valence-electron chi connectivity index (χ0n) is 21.9. The van der Waals surface area contributed by atoms with Crippen molar-refractivity contribution in [1.29, 1.82) is 0 Å². The van der Waals surface area contributed by atoms with Gasteiger partial charge in [0.15, 0.2) is 0 Å². The summed E-state index contributed by atoms with van der Waals surface area (Å²) >= 11 is 0. The summed E-state index contributed by atoms with van der Waals surface area (Å²) in [4.78, 5) is 42.8. The Balaban J connectivity index is 1.42. The standard InChI is InChI=1S/C27H33N7O4/c1-14-19-13-33(26(37)27(2,3)38)11-17(19)7-21(14)32-23-18(24(28)35)10-31-34-12-16(8-22(23)34)15-5-6-20(30-9-15)25(36)29-4/h5-6,8-10,12,14,17,19,21,32,38H,7,11,13H2,1-4H3,(H2,28,35)(H,29,36)/t14-,17-,19-,21-/m1/s1. The maximum absolute atomic E-state index is 12.6. The summed E-state index contributed by atoms with van der Waals surface area (Å²) in [5.74, 6) is -0.258. The van der Waals surface area contributed by atoms with Gasteiger partial charge in [0.05, 0.1) is 23.0 Å². The fourth-order valence-electron chi connectivity index (χ4n) is 5.89. The van der Waals surface area contributed by atoms with Crippen LogP contribution in [0, 0.1) is 17.8 Å². The topological polar surface area (TPSA) is 155 Å². The van der Waals surface area contributed by atoms with Gasteiger partial charge < -0.3 is 26.4 Å². The van der Waals surface area contributed by atoms with E-state index in [0.29, 0.717) is 47.4 Å². The number of pyridine rings is 1. The third kappa shape index (κ3) is 4.47. The number of amides is 3. The summed E-state index contributed by atoms with van der Waals surface area (Å²) in [5, 5.41) is 20.7. The maximum atomic E-state index is 12.6. The van der Waals surface area contributed by atoms with Crippen LogP contribution in [-0.4, -0.2) is 74.1 Å². The second-order valence-electron chi connectivity index (χ2n) is 10.9. The van der Waals surface area contributed by atoms with Gasteiger partial charge in [0, 0.05) is 49.7 Å². The minimum absolute atomic E-state index is 0.0699. The Morgan fingerprint density at radius 3 is 2.53 bits per heavy atom.